The van der Waals surface area contributed by atoms with Gasteiger partial charge in [0.25, 0.3) is 0 Å². The number of nitrogens with one attached hydrogen (secondary N) is 1. The zero-order chi connectivity index (χ0) is 12.4. The van der Waals surface area contributed by atoms with Crippen molar-refractivity contribution in [1.82, 2.24) is 15.2 Å². The summed E-state index contributed by atoms with van der Waals surface area (Å²) in [5, 5.41) is 6.74. The Morgan fingerprint density at radius 2 is 2.35 bits per heavy atom. The van der Waals surface area contributed by atoms with Gasteiger partial charge in [0, 0.05) is 11.4 Å². The first-order valence-electron chi connectivity index (χ1n) is 6.46. The van der Waals surface area contributed by atoms with Crippen molar-refractivity contribution in [3.63, 3.8) is 0 Å². The van der Waals surface area contributed by atoms with Crippen LogP contribution in [0.3, 0.4) is 0 Å². The molecule has 1 N–H and O–H groups in total. The Bertz CT molecular complexity index is 361. The summed E-state index contributed by atoms with van der Waals surface area (Å²) in [5.41, 5.74) is 1.28. The highest BCUT2D eigenvalue weighted by molar-refractivity contribution is 7.09. The van der Waals surface area contributed by atoms with Crippen molar-refractivity contribution in [1.29, 1.82) is 0 Å². The minimum Gasteiger partial charge on any atom is -0.319 e. The lowest BCUT2D eigenvalue weighted by Crippen LogP contribution is -2.34. The number of likely N-dealkylation sites (tertiary alicyclic amines) is 1. The van der Waals surface area contributed by atoms with E-state index in [9.17, 15) is 0 Å². The van der Waals surface area contributed by atoms with Crippen LogP contribution >= 0.6 is 11.3 Å². The monoisotopic (exact) mass is 253 g/mol. The van der Waals surface area contributed by atoms with Gasteiger partial charge >= 0.3 is 0 Å². The van der Waals surface area contributed by atoms with Gasteiger partial charge in [-0.2, -0.15) is 0 Å². The van der Waals surface area contributed by atoms with Gasteiger partial charge in [-0.3, -0.25) is 4.90 Å². The normalized spacial score (nSPS) is 25.9. The molecule has 1 aliphatic rings. The first-order valence-corrected chi connectivity index (χ1v) is 7.33. The van der Waals surface area contributed by atoms with E-state index < -0.39 is 0 Å². The topological polar surface area (TPSA) is 28.2 Å². The van der Waals surface area contributed by atoms with Crippen molar-refractivity contribution in [2.75, 3.05) is 20.1 Å². The first kappa shape index (κ1) is 13.0. The van der Waals surface area contributed by atoms with E-state index in [2.05, 4.69) is 36.4 Å². The van der Waals surface area contributed by atoms with Crippen LogP contribution in [0.25, 0.3) is 0 Å². The van der Waals surface area contributed by atoms with Gasteiger partial charge in [0.2, 0.25) is 0 Å². The maximum Gasteiger partial charge on any atom is 0.0898 e. The second-order valence-electron chi connectivity index (χ2n) is 5.17. The molecule has 2 unspecified atom stereocenters. The minimum absolute atomic E-state index is 0.507. The SMILES string of the molecule is CNCC1CCN(C(C)C)C1c1csc(C)n1. The van der Waals surface area contributed by atoms with E-state index in [-0.39, 0.29) is 0 Å². The van der Waals surface area contributed by atoms with Gasteiger partial charge in [0.1, 0.15) is 0 Å². The summed E-state index contributed by atoms with van der Waals surface area (Å²) in [5.74, 6) is 0.698. The van der Waals surface area contributed by atoms with E-state index in [0.29, 0.717) is 18.0 Å². The number of hydrogen-bond donors (Lipinski definition) is 1. The van der Waals surface area contributed by atoms with Crippen LogP contribution in [0.5, 0.6) is 0 Å². The molecule has 0 amide bonds. The molecule has 1 aromatic heterocycles. The molecule has 2 heterocycles. The Labute approximate surface area is 108 Å². The molecule has 1 aliphatic heterocycles. The lowest BCUT2D eigenvalue weighted by molar-refractivity contribution is 0.179. The molecule has 96 valence electrons. The Morgan fingerprint density at radius 3 is 2.88 bits per heavy atom. The molecule has 1 aromatic rings. The van der Waals surface area contributed by atoms with Gasteiger partial charge in [0.05, 0.1) is 16.7 Å². The quantitative estimate of drug-likeness (QED) is 0.893. The lowest BCUT2D eigenvalue weighted by Gasteiger charge is -2.30. The summed E-state index contributed by atoms with van der Waals surface area (Å²) in [6.07, 6.45) is 1.28. The molecule has 17 heavy (non-hydrogen) atoms. The molecule has 4 heteroatoms. The second kappa shape index (κ2) is 5.46. The zero-order valence-electron chi connectivity index (χ0n) is 11.2. The third kappa shape index (κ3) is 2.69. The van der Waals surface area contributed by atoms with Crippen LogP contribution in [-0.4, -0.2) is 36.1 Å². The number of rotatable bonds is 4. The lowest BCUT2D eigenvalue weighted by atomic mass is 9.97. The zero-order valence-corrected chi connectivity index (χ0v) is 12.0. The third-order valence-electron chi connectivity index (χ3n) is 3.63. The van der Waals surface area contributed by atoms with E-state index in [0.717, 1.165) is 6.54 Å². The van der Waals surface area contributed by atoms with Gasteiger partial charge in [-0.15, -0.1) is 11.3 Å². The minimum atomic E-state index is 0.507. The highest BCUT2D eigenvalue weighted by Gasteiger charge is 2.37. The molecular weight excluding hydrogens is 230 g/mol. The third-order valence-corrected chi connectivity index (χ3v) is 4.42. The van der Waals surface area contributed by atoms with Crippen LogP contribution in [0, 0.1) is 12.8 Å². The highest BCUT2D eigenvalue weighted by atomic mass is 32.1. The maximum absolute atomic E-state index is 4.71. The molecule has 0 radical (unpaired) electrons. The molecule has 0 saturated carbocycles. The fourth-order valence-corrected chi connectivity index (χ4v) is 3.51. The number of thiazole rings is 1. The fourth-order valence-electron chi connectivity index (χ4n) is 2.87. The maximum atomic E-state index is 4.71. The van der Waals surface area contributed by atoms with Crippen LogP contribution in [0.15, 0.2) is 5.38 Å². The fraction of sp³-hybridized carbons (Fsp3) is 0.769. The molecule has 1 saturated heterocycles. The van der Waals surface area contributed by atoms with E-state index in [1.807, 2.05) is 7.05 Å². The van der Waals surface area contributed by atoms with Crippen molar-refractivity contribution >= 4 is 11.3 Å². The van der Waals surface area contributed by atoms with Gasteiger partial charge in [-0.05, 0) is 53.2 Å². The number of aryl methyl sites for hydroxylation is 1. The van der Waals surface area contributed by atoms with E-state index in [1.54, 1.807) is 11.3 Å². The Hall–Kier alpha value is -0.450. The summed E-state index contributed by atoms with van der Waals surface area (Å²) >= 11 is 1.77. The molecule has 0 bridgehead atoms. The Kier molecular flexibility index (Phi) is 4.17. The van der Waals surface area contributed by atoms with Gasteiger partial charge in [0.15, 0.2) is 0 Å². The van der Waals surface area contributed by atoms with Gasteiger partial charge < -0.3 is 5.32 Å². The predicted molar refractivity (Wildman–Crippen MR) is 73.5 cm³/mol. The van der Waals surface area contributed by atoms with E-state index in [1.165, 1.54) is 23.7 Å². The average Bonchev–Trinajstić information content (AvgIpc) is 2.84. The Balaban J connectivity index is 2.22. The second-order valence-corrected chi connectivity index (χ2v) is 6.24. The molecule has 0 spiro atoms. The molecular formula is C13H23N3S. The van der Waals surface area contributed by atoms with Crippen molar-refractivity contribution in [3.8, 4) is 0 Å². The number of hydrogen-bond acceptors (Lipinski definition) is 4. The van der Waals surface area contributed by atoms with Crippen molar-refractivity contribution in [3.05, 3.63) is 16.1 Å². The first-order chi connectivity index (χ1) is 8.13. The Morgan fingerprint density at radius 1 is 1.59 bits per heavy atom. The summed E-state index contributed by atoms with van der Waals surface area (Å²) in [4.78, 5) is 7.30. The molecule has 2 atom stereocenters. The van der Waals surface area contributed by atoms with E-state index in [4.69, 9.17) is 4.98 Å². The highest BCUT2D eigenvalue weighted by Crippen LogP contribution is 2.38. The van der Waals surface area contributed by atoms with Crippen molar-refractivity contribution in [2.24, 2.45) is 5.92 Å². The molecule has 3 nitrogen and oxygen atoms in total. The van der Waals surface area contributed by atoms with Crippen LogP contribution in [0.2, 0.25) is 0 Å². The average molecular weight is 253 g/mol. The molecule has 2 rings (SSSR count). The number of nitrogens with zero attached hydrogens (tertiary/aromatic N) is 2. The van der Waals surface area contributed by atoms with Crippen molar-refractivity contribution < 1.29 is 0 Å². The summed E-state index contributed by atoms with van der Waals surface area (Å²) in [6.45, 7) is 8.95. The summed E-state index contributed by atoms with van der Waals surface area (Å²) < 4.78 is 0. The van der Waals surface area contributed by atoms with Crippen LogP contribution < -0.4 is 5.32 Å². The van der Waals surface area contributed by atoms with Crippen molar-refractivity contribution in [2.45, 2.75) is 39.3 Å². The van der Waals surface area contributed by atoms with Gasteiger partial charge in [-0.1, -0.05) is 0 Å². The number of aromatic nitrogens is 1. The smallest absolute Gasteiger partial charge is 0.0898 e. The van der Waals surface area contributed by atoms with Crippen LogP contribution in [-0.2, 0) is 0 Å². The summed E-state index contributed by atoms with van der Waals surface area (Å²) in [7, 11) is 2.04. The molecule has 1 fully saturated rings. The molecule has 0 aromatic carbocycles. The summed E-state index contributed by atoms with van der Waals surface area (Å²) in [6, 6.07) is 1.11. The molecule has 0 aliphatic carbocycles. The van der Waals surface area contributed by atoms with Gasteiger partial charge in [-0.25, -0.2) is 4.98 Å². The van der Waals surface area contributed by atoms with E-state index >= 15 is 0 Å². The van der Waals surface area contributed by atoms with Crippen LogP contribution in [0.1, 0.15) is 37.0 Å². The predicted octanol–water partition coefficient (Wildman–Crippen LogP) is 2.44. The standard InChI is InChI=1S/C13H23N3S/c1-9(2)16-6-5-11(7-14-4)13(16)12-8-17-10(3)15-12/h8-9,11,13-14H,5-7H2,1-4H3. The largest absolute Gasteiger partial charge is 0.319 e. The van der Waals surface area contributed by atoms with Crippen LogP contribution in [0.4, 0.5) is 0 Å².